The second kappa shape index (κ2) is 10.7. The molecule has 1 aliphatic heterocycles. The summed E-state index contributed by atoms with van der Waals surface area (Å²) in [6.07, 6.45) is 3.91. The van der Waals surface area contributed by atoms with Gasteiger partial charge in [-0.25, -0.2) is 0 Å². The lowest BCUT2D eigenvalue weighted by atomic mass is 9.33. The molecule has 0 aromatic carbocycles. The molecule has 1 heterocycles. The number of ether oxygens (including phenoxy) is 2. The molecule has 0 bridgehead atoms. The van der Waals surface area contributed by atoms with Crippen LogP contribution in [0.3, 0.4) is 0 Å². The number of fused-ring (bicyclic) bond motifs is 7. The summed E-state index contributed by atoms with van der Waals surface area (Å²) in [5.41, 5.74) is 0.911. The second-order valence-corrected chi connectivity index (χ2v) is 18.0. The first kappa shape index (κ1) is 33.3. The summed E-state index contributed by atoms with van der Waals surface area (Å²) in [5, 5.41) is 63.7. The first-order chi connectivity index (χ1) is 20.4. The highest BCUT2D eigenvalue weighted by Gasteiger charge is 2.70. The maximum Gasteiger partial charge on any atom is 0.186 e. The molecule has 6 rings (SSSR count). The maximum absolute atomic E-state index is 11.9. The zero-order chi connectivity index (χ0) is 32.3. The molecule has 6 aliphatic rings. The third-order valence-corrected chi connectivity index (χ3v) is 15.3. The Morgan fingerprint density at radius 3 is 2.18 bits per heavy atom. The molecule has 14 unspecified atom stereocenters. The fourth-order valence-corrected chi connectivity index (χ4v) is 12.3. The first-order valence-corrected chi connectivity index (χ1v) is 17.4. The Morgan fingerprint density at radius 2 is 1.52 bits per heavy atom. The average Bonchev–Trinajstić information content (AvgIpc) is 2.95. The highest BCUT2D eigenvalue weighted by atomic mass is 16.7. The number of aliphatic hydroxyl groups excluding tert-OH is 6. The number of hydrogen-bond donors (Lipinski definition) is 6. The lowest BCUT2D eigenvalue weighted by Gasteiger charge is -2.72. The van der Waals surface area contributed by atoms with E-state index in [0.29, 0.717) is 18.3 Å². The van der Waals surface area contributed by atoms with Crippen LogP contribution in [0.4, 0.5) is 0 Å². The van der Waals surface area contributed by atoms with Crippen molar-refractivity contribution in [1.82, 2.24) is 0 Å². The zero-order valence-electron chi connectivity index (χ0n) is 28.1. The van der Waals surface area contributed by atoms with Crippen LogP contribution in [0.2, 0.25) is 0 Å². The lowest BCUT2D eigenvalue weighted by molar-refractivity contribution is -0.330. The molecule has 44 heavy (non-hydrogen) atoms. The second-order valence-electron chi connectivity index (χ2n) is 18.0. The number of aliphatic hydroxyl groups is 6. The SMILES string of the molecule is CC1(C)CCC2(CO)C(O)CC3(C)C(=CCC4C5(C)CCC(OC6OC(CO)C(O)C(O)C6O)C(C)(C)C5CCC43C)C2C1. The van der Waals surface area contributed by atoms with Crippen LogP contribution in [0, 0.1) is 50.2 Å². The quantitative estimate of drug-likeness (QED) is 0.205. The first-order valence-electron chi connectivity index (χ1n) is 17.4. The van der Waals surface area contributed by atoms with E-state index in [-0.39, 0.29) is 45.7 Å². The fraction of sp³-hybridized carbons (Fsp3) is 0.944. The average molecular weight is 621 g/mol. The Hall–Kier alpha value is -0.580. The largest absolute Gasteiger partial charge is 0.396 e. The molecule has 1 saturated heterocycles. The minimum Gasteiger partial charge on any atom is -0.396 e. The van der Waals surface area contributed by atoms with Crippen LogP contribution < -0.4 is 0 Å². The normalized spacial score (nSPS) is 54.7. The van der Waals surface area contributed by atoms with Crippen molar-refractivity contribution in [2.45, 2.75) is 149 Å². The van der Waals surface area contributed by atoms with Crippen LogP contribution in [0.25, 0.3) is 0 Å². The summed E-state index contributed by atoms with van der Waals surface area (Å²) in [6.45, 7) is 16.2. The van der Waals surface area contributed by atoms with Crippen LogP contribution in [0.5, 0.6) is 0 Å². The molecule has 252 valence electrons. The molecular formula is C36H60O8. The molecule has 0 spiro atoms. The summed E-state index contributed by atoms with van der Waals surface area (Å²) in [7, 11) is 0. The molecule has 8 heteroatoms. The van der Waals surface area contributed by atoms with E-state index >= 15 is 0 Å². The minimum absolute atomic E-state index is 0.00750. The maximum atomic E-state index is 11.9. The summed E-state index contributed by atoms with van der Waals surface area (Å²) >= 11 is 0. The van der Waals surface area contributed by atoms with Crippen LogP contribution in [-0.4, -0.2) is 86.8 Å². The van der Waals surface area contributed by atoms with E-state index < -0.39 is 48.8 Å². The van der Waals surface area contributed by atoms with E-state index in [0.717, 1.165) is 51.4 Å². The lowest BCUT2D eigenvalue weighted by Crippen LogP contribution is -2.67. The van der Waals surface area contributed by atoms with Crippen molar-refractivity contribution in [3.8, 4) is 0 Å². The molecule has 14 atom stereocenters. The van der Waals surface area contributed by atoms with Crippen molar-refractivity contribution in [2.24, 2.45) is 50.2 Å². The van der Waals surface area contributed by atoms with Crippen molar-refractivity contribution in [3.63, 3.8) is 0 Å². The molecular weight excluding hydrogens is 560 g/mol. The third-order valence-electron chi connectivity index (χ3n) is 15.3. The van der Waals surface area contributed by atoms with Crippen LogP contribution in [0.1, 0.15) is 106 Å². The standard InChI is InChI=1S/C36H60O8/c1-31(2)14-15-36(19-38)21(16-31)20-8-9-24-33(5)12-11-26(44-30-29(42)28(41)27(40)22(18-37)43-30)32(3,4)23(33)10-13-34(24,6)35(20,7)17-25(36)39/h8,21-30,37-42H,9-19H2,1-7H3. The molecule has 8 nitrogen and oxygen atoms in total. The fourth-order valence-electron chi connectivity index (χ4n) is 12.3. The molecule has 5 fully saturated rings. The van der Waals surface area contributed by atoms with E-state index in [4.69, 9.17) is 9.47 Å². The number of hydrogen-bond acceptors (Lipinski definition) is 8. The van der Waals surface area contributed by atoms with Crippen LogP contribution >= 0.6 is 0 Å². The number of rotatable bonds is 4. The van der Waals surface area contributed by atoms with Gasteiger partial charge in [-0.05, 0) is 103 Å². The van der Waals surface area contributed by atoms with Gasteiger partial charge >= 0.3 is 0 Å². The van der Waals surface area contributed by atoms with Crippen molar-refractivity contribution in [3.05, 3.63) is 11.6 Å². The summed E-state index contributed by atoms with van der Waals surface area (Å²) < 4.78 is 12.2. The van der Waals surface area contributed by atoms with Gasteiger partial charge in [-0.2, -0.15) is 0 Å². The molecule has 6 N–H and O–H groups in total. The smallest absolute Gasteiger partial charge is 0.186 e. The van der Waals surface area contributed by atoms with Gasteiger partial charge in [0.1, 0.15) is 24.4 Å². The monoisotopic (exact) mass is 620 g/mol. The van der Waals surface area contributed by atoms with E-state index in [9.17, 15) is 30.6 Å². The Bertz CT molecular complexity index is 1140. The van der Waals surface area contributed by atoms with Crippen LogP contribution in [-0.2, 0) is 9.47 Å². The summed E-state index contributed by atoms with van der Waals surface area (Å²) in [6, 6.07) is 0. The van der Waals surface area contributed by atoms with Gasteiger partial charge in [-0.3, -0.25) is 0 Å². The topological polar surface area (TPSA) is 140 Å². The Kier molecular flexibility index (Phi) is 8.11. The Labute approximate surface area is 264 Å². The van der Waals surface area contributed by atoms with Gasteiger partial charge in [0, 0.05) is 5.41 Å². The summed E-state index contributed by atoms with van der Waals surface area (Å²) in [5.74, 6) is 0.988. The van der Waals surface area contributed by atoms with E-state index in [2.05, 4.69) is 54.5 Å². The van der Waals surface area contributed by atoms with E-state index in [1.807, 2.05) is 0 Å². The molecule has 0 amide bonds. The van der Waals surface area contributed by atoms with Gasteiger partial charge in [-0.1, -0.05) is 60.1 Å². The van der Waals surface area contributed by atoms with Gasteiger partial charge in [0.2, 0.25) is 0 Å². The van der Waals surface area contributed by atoms with Gasteiger partial charge in [-0.15, -0.1) is 0 Å². The highest BCUT2D eigenvalue weighted by Crippen LogP contribution is 2.75. The van der Waals surface area contributed by atoms with Gasteiger partial charge in [0.15, 0.2) is 6.29 Å². The Morgan fingerprint density at radius 1 is 0.818 bits per heavy atom. The van der Waals surface area contributed by atoms with Crippen molar-refractivity contribution >= 4 is 0 Å². The van der Waals surface area contributed by atoms with Crippen molar-refractivity contribution in [1.29, 1.82) is 0 Å². The Balaban J connectivity index is 1.30. The van der Waals surface area contributed by atoms with Gasteiger partial charge in [0.25, 0.3) is 0 Å². The minimum atomic E-state index is -1.45. The zero-order valence-corrected chi connectivity index (χ0v) is 28.1. The van der Waals surface area contributed by atoms with Crippen LogP contribution in [0.15, 0.2) is 11.6 Å². The van der Waals surface area contributed by atoms with Gasteiger partial charge in [0.05, 0.1) is 25.4 Å². The number of allylic oxidation sites excluding steroid dienone is 2. The molecule has 0 aromatic heterocycles. The predicted octanol–water partition coefficient (Wildman–Crippen LogP) is 3.94. The third kappa shape index (κ3) is 4.44. The van der Waals surface area contributed by atoms with Crippen molar-refractivity contribution in [2.75, 3.05) is 13.2 Å². The molecule has 0 radical (unpaired) electrons. The van der Waals surface area contributed by atoms with E-state index in [1.54, 1.807) is 0 Å². The summed E-state index contributed by atoms with van der Waals surface area (Å²) in [4.78, 5) is 0. The molecule has 0 aromatic rings. The highest BCUT2D eigenvalue weighted by molar-refractivity contribution is 5.35. The predicted molar refractivity (Wildman–Crippen MR) is 166 cm³/mol. The molecule has 5 aliphatic carbocycles. The molecule has 4 saturated carbocycles. The van der Waals surface area contributed by atoms with E-state index in [1.165, 1.54) is 5.57 Å². The van der Waals surface area contributed by atoms with Gasteiger partial charge < -0.3 is 40.1 Å². The van der Waals surface area contributed by atoms with Crippen molar-refractivity contribution < 1.29 is 40.1 Å².